The van der Waals surface area contributed by atoms with Gasteiger partial charge in [0.15, 0.2) is 5.78 Å². The standard InChI is InChI=1S/C14H18N2O2/c1-3-15-14(18)10(2)16-9-8-13(17)11-6-4-5-7-12(11)16/h4-7,10H,3,8-9H2,1-2H3,(H,15,18). The molecule has 1 aromatic rings. The van der Waals surface area contributed by atoms with Crippen molar-refractivity contribution < 1.29 is 9.59 Å². The number of nitrogens with zero attached hydrogens (tertiary/aromatic N) is 1. The van der Waals surface area contributed by atoms with E-state index >= 15 is 0 Å². The molecule has 1 atom stereocenters. The second-order valence-electron chi connectivity index (χ2n) is 4.45. The lowest BCUT2D eigenvalue weighted by Crippen LogP contribution is -2.48. The predicted molar refractivity (Wildman–Crippen MR) is 70.9 cm³/mol. The van der Waals surface area contributed by atoms with Gasteiger partial charge in [-0.15, -0.1) is 0 Å². The number of benzene rings is 1. The van der Waals surface area contributed by atoms with Gasteiger partial charge in [0.2, 0.25) is 5.91 Å². The van der Waals surface area contributed by atoms with E-state index in [4.69, 9.17) is 0 Å². The molecule has 1 amide bonds. The maximum absolute atomic E-state index is 11.9. The Hall–Kier alpha value is -1.84. The Bertz CT molecular complexity index is 471. The summed E-state index contributed by atoms with van der Waals surface area (Å²) < 4.78 is 0. The van der Waals surface area contributed by atoms with E-state index in [1.165, 1.54) is 0 Å². The Morgan fingerprint density at radius 3 is 2.89 bits per heavy atom. The van der Waals surface area contributed by atoms with Gasteiger partial charge in [-0.05, 0) is 26.0 Å². The van der Waals surface area contributed by atoms with E-state index in [2.05, 4.69) is 5.32 Å². The molecule has 0 spiro atoms. The summed E-state index contributed by atoms with van der Waals surface area (Å²) in [5.74, 6) is 0.159. The van der Waals surface area contributed by atoms with Gasteiger partial charge < -0.3 is 10.2 Å². The van der Waals surface area contributed by atoms with E-state index in [-0.39, 0.29) is 17.7 Å². The number of carbonyl (C=O) groups excluding carboxylic acids is 2. The Morgan fingerprint density at radius 2 is 2.17 bits per heavy atom. The highest BCUT2D eigenvalue weighted by Crippen LogP contribution is 2.28. The minimum atomic E-state index is -0.251. The van der Waals surface area contributed by atoms with Crippen LogP contribution >= 0.6 is 0 Å². The highest BCUT2D eigenvalue weighted by atomic mass is 16.2. The Labute approximate surface area is 107 Å². The molecular formula is C14H18N2O2. The summed E-state index contributed by atoms with van der Waals surface area (Å²) in [4.78, 5) is 25.7. The van der Waals surface area contributed by atoms with Crippen molar-refractivity contribution in [3.8, 4) is 0 Å². The topological polar surface area (TPSA) is 49.4 Å². The summed E-state index contributed by atoms with van der Waals surface area (Å²) in [6, 6.07) is 7.24. The number of hydrogen-bond acceptors (Lipinski definition) is 3. The second kappa shape index (κ2) is 5.21. The van der Waals surface area contributed by atoms with E-state index in [9.17, 15) is 9.59 Å². The van der Waals surface area contributed by atoms with E-state index in [1.54, 1.807) is 0 Å². The van der Waals surface area contributed by atoms with Crippen LogP contribution in [-0.4, -0.2) is 30.8 Å². The summed E-state index contributed by atoms with van der Waals surface area (Å²) in [6.07, 6.45) is 0.473. The number of hydrogen-bond donors (Lipinski definition) is 1. The Kier molecular flexibility index (Phi) is 3.65. The molecule has 1 aliphatic rings. The number of amides is 1. The highest BCUT2D eigenvalue weighted by Gasteiger charge is 2.28. The molecule has 1 heterocycles. The molecule has 1 unspecified atom stereocenters. The van der Waals surface area contributed by atoms with Crippen molar-refractivity contribution in [2.45, 2.75) is 26.3 Å². The number of nitrogens with one attached hydrogen (secondary N) is 1. The predicted octanol–water partition coefficient (Wildman–Crippen LogP) is 1.60. The van der Waals surface area contributed by atoms with Crippen LogP contribution in [0.3, 0.4) is 0 Å². The fraction of sp³-hybridized carbons (Fsp3) is 0.429. The molecule has 1 aliphatic heterocycles. The lowest BCUT2D eigenvalue weighted by Gasteiger charge is -2.34. The first-order chi connectivity index (χ1) is 8.65. The van der Waals surface area contributed by atoms with Crippen LogP contribution in [-0.2, 0) is 4.79 Å². The number of rotatable bonds is 3. The molecular weight excluding hydrogens is 228 g/mol. The van der Waals surface area contributed by atoms with Crippen molar-refractivity contribution in [2.24, 2.45) is 0 Å². The third-order valence-corrected chi connectivity index (χ3v) is 3.29. The van der Waals surface area contributed by atoms with E-state index in [1.807, 2.05) is 43.0 Å². The molecule has 0 aromatic heterocycles. The number of para-hydroxylation sites is 1. The normalized spacial score (nSPS) is 16.1. The van der Waals surface area contributed by atoms with Gasteiger partial charge in [0.1, 0.15) is 6.04 Å². The van der Waals surface area contributed by atoms with Gasteiger partial charge in [0, 0.05) is 30.8 Å². The molecule has 96 valence electrons. The SMILES string of the molecule is CCNC(=O)C(C)N1CCC(=O)c2ccccc21. The van der Waals surface area contributed by atoms with E-state index in [0.29, 0.717) is 19.5 Å². The fourth-order valence-electron chi connectivity index (χ4n) is 2.30. The summed E-state index contributed by atoms with van der Waals surface area (Å²) in [7, 11) is 0. The van der Waals surface area contributed by atoms with E-state index < -0.39 is 0 Å². The van der Waals surface area contributed by atoms with E-state index in [0.717, 1.165) is 11.3 Å². The summed E-state index contributed by atoms with van der Waals surface area (Å²) in [6.45, 7) is 5.00. The molecule has 1 N–H and O–H groups in total. The van der Waals surface area contributed by atoms with Crippen molar-refractivity contribution in [2.75, 3.05) is 18.0 Å². The zero-order valence-electron chi connectivity index (χ0n) is 10.8. The van der Waals surface area contributed by atoms with Crippen molar-refractivity contribution in [3.05, 3.63) is 29.8 Å². The van der Waals surface area contributed by atoms with Crippen LogP contribution in [0.1, 0.15) is 30.6 Å². The summed E-state index contributed by atoms with van der Waals surface area (Å²) in [5, 5.41) is 2.82. The Morgan fingerprint density at radius 1 is 1.44 bits per heavy atom. The first-order valence-corrected chi connectivity index (χ1v) is 6.31. The minimum Gasteiger partial charge on any atom is -0.359 e. The average Bonchev–Trinajstić information content (AvgIpc) is 2.39. The van der Waals surface area contributed by atoms with Gasteiger partial charge in [0.05, 0.1) is 0 Å². The van der Waals surface area contributed by atoms with Crippen molar-refractivity contribution >= 4 is 17.4 Å². The van der Waals surface area contributed by atoms with Gasteiger partial charge in [0.25, 0.3) is 0 Å². The third-order valence-electron chi connectivity index (χ3n) is 3.29. The molecule has 0 aliphatic carbocycles. The van der Waals surface area contributed by atoms with Crippen LogP contribution in [0.15, 0.2) is 24.3 Å². The van der Waals surface area contributed by atoms with Crippen LogP contribution in [0.5, 0.6) is 0 Å². The molecule has 0 radical (unpaired) electrons. The maximum Gasteiger partial charge on any atom is 0.242 e. The second-order valence-corrected chi connectivity index (χ2v) is 4.45. The summed E-state index contributed by atoms with van der Waals surface area (Å²) >= 11 is 0. The zero-order valence-corrected chi connectivity index (χ0v) is 10.8. The highest BCUT2D eigenvalue weighted by molar-refractivity contribution is 6.04. The first kappa shape index (κ1) is 12.6. The number of carbonyl (C=O) groups is 2. The molecule has 0 fully saturated rings. The van der Waals surface area contributed by atoms with Gasteiger partial charge in [-0.25, -0.2) is 0 Å². The lowest BCUT2D eigenvalue weighted by atomic mass is 9.99. The quantitative estimate of drug-likeness (QED) is 0.881. The maximum atomic E-state index is 11.9. The number of anilines is 1. The van der Waals surface area contributed by atoms with Crippen LogP contribution < -0.4 is 10.2 Å². The van der Waals surface area contributed by atoms with Crippen LogP contribution in [0, 0.1) is 0 Å². The molecule has 18 heavy (non-hydrogen) atoms. The summed E-state index contributed by atoms with van der Waals surface area (Å²) in [5.41, 5.74) is 1.59. The largest absolute Gasteiger partial charge is 0.359 e. The van der Waals surface area contributed by atoms with Crippen LogP contribution in [0.4, 0.5) is 5.69 Å². The van der Waals surface area contributed by atoms with Crippen LogP contribution in [0.25, 0.3) is 0 Å². The number of fused-ring (bicyclic) bond motifs is 1. The lowest BCUT2D eigenvalue weighted by molar-refractivity contribution is -0.122. The first-order valence-electron chi connectivity index (χ1n) is 6.31. The molecule has 1 aromatic carbocycles. The monoisotopic (exact) mass is 246 g/mol. The molecule has 0 saturated heterocycles. The molecule has 0 bridgehead atoms. The average molecular weight is 246 g/mol. The number of Topliss-reactive ketones (excluding diaryl/α,β-unsaturated/α-hetero) is 1. The molecule has 4 nitrogen and oxygen atoms in total. The third kappa shape index (κ3) is 2.23. The van der Waals surface area contributed by atoms with Gasteiger partial charge in [-0.3, -0.25) is 9.59 Å². The van der Waals surface area contributed by atoms with Crippen molar-refractivity contribution in [1.82, 2.24) is 5.32 Å². The van der Waals surface area contributed by atoms with Crippen molar-refractivity contribution in [3.63, 3.8) is 0 Å². The minimum absolute atomic E-state index is 0.00153. The molecule has 4 heteroatoms. The van der Waals surface area contributed by atoms with Crippen molar-refractivity contribution in [1.29, 1.82) is 0 Å². The fourth-order valence-corrected chi connectivity index (χ4v) is 2.30. The zero-order chi connectivity index (χ0) is 13.1. The van der Waals surface area contributed by atoms with Gasteiger partial charge >= 0.3 is 0 Å². The number of likely N-dealkylation sites (N-methyl/N-ethyl adjacent to an activating group) is 1. The smallest absolute Gasteiger partial charge is 0.242 e. The van der Waals surface area contributed by atoms with Crippen LogP contribution in [0.2, 0.25) is 0 Å². The van der Waals surface area contributed by atoms with Gasteiger partial charge in [-0.2, -0.15) is 0 Å². The number of ketones is 1. The Balaban J connectivity index is 2.28. The molecule has 0 saturated carbocycles. The molecule has 2 rings (SSSR count). The van der Waals surface area contributed by atoms with Gasteiger partial charge in [-0.1, -0.05) is 12.1 Å².